The third kappa shape index (κ3) is 2.51. The number of nitrogens with zero attached hydrogens (tertiary/aromatic N) is 1. The van der Waals surface area contributed by atoms with Crippen LogP contribution in [0.15, 0.2) is 16.8 Å². The van der Waals surface area contributed by atoms with E-state index < -0.39 is 0 Å². The maximum Gasteiger partial charge on any atom is 0.244 e. The minimum Gasteiger partial charge on any atom is -0.383 e. The van der Waals surface area contributed by atoms with Gasteiger partial charge in [0.2, 0.25) is 5.91 Å². The highest BCUT2D eigenvalue weighted by molar-refractivity contribution is 7.07. The lowest BCUT2D eigenvalue weighted by molar-refractivity contribution is -0.136. The molecule has 2 heterocycles. The lowest BCUT2D eigenvalue weighted by Gasteiger charge is -2.31. The van der Waals surface area contributed by atoms with Crippen molar-refractivity contribution in [3.63, 3.8) is 0 Å². The van der Waals surface area contributed by atoms with Gasteiger partial charge in [-0.2, -0.15) is 11.3 Å². The third-order valence-corrected chi connectivity index (χ3v) is 5.58. The highest BCUT2D eigenvalue weighted by Gasteiger charge is 2.54. The van der Waals surface area contributed by atoms with Gasteiger partial charge >= 0.3 is 0 Å². The molecule has 2 fully saturated rings. The molecule has 1 amide bonds. The number of carbonyl (C=O) groups is 1. The van der Waals surface area contributed by atoms with Gasteiger partial charge in [0.1, 0.15) is 6.17 Å². The van der Waals surface area contributed by atoms with Crippen molar-refractivity contribution in [2.45, 2.75) is 56.8 Å². The summed E-state index contributed by atoms with van der Waals surface area (Å²) in [6.07, 6.45) is 5.13. The van der Waals surface area contributed by atoms with Crippen LogP contribution < -0.4 is 5.32 Å². The molecule has 1 aromatic rings. The van der Waals surface area contributed by atoms with Crippen molar-refractivity contribution in [1.82, 2.24) is 10.2 Å². The Bertz CT molecular complexity index is 482. The Morgan fingerprint density at radius 3 is 2.86 bits per heavy atom. The third-order valence-electron chi connectivity index (χ3n) is 4.87. The van der Waals surface area contributed by atoms with E-state index >= 15 is 0 Å². The minimum absolute atomic E-state index is 0.00181. The SMILES string of the molecule is CCC(COC)N1C(=O)C2(CCCC2)NC1c1ccsc1. The fraction of sp³-hybridized carbons (Fsp3) is 0.688. The number of rotatable bonds is 5. The summed E-state index contributed by atoms with van der Waals surface area (Å²) in [7, 11) is 1.71. The molecule has 4 nitrogen and oxygen atoms in total. The lowest BCUT2D eigenvalue weighted by Crippen LogP contribution is -2.46. The Morgan fingerprint density at radius 2 is 2.29 bits per heavy atom. The highest BCUT2D eigenvalue weighted by atomic mass is 32.1. The first-order valence-corrected chi connectivity index (χ1v) is 8.77. The molecule has 1 aliphatic heterocycles. The average Bonchev–Trinajstić information content (AvgIpc) is 3.21. The van der Waals surface area contributed by atoms with E-state index in [1.807, 2.05) is 0 Å². The van der Waals surface area contributed by atoms with Gasteiger partial charge in [-0.1, -0.05) is 19.8 Å². The van der Waals surface area contributed by atoms with E-state index in [9.17, 15) is 4.79 Å². The van der Waals surface area contributed by atoms with E-state index in [-0.39, 0.29) is 23.7 Å². The molecule has 2 atom stereocenters. The maximum absolute atomic E-state index is 13.1. The van der Waals surface area contributed by atoms with E-state index in [1.165, 1.54) is 5.56 Å². The number of nitrogens with one attached hydrogen (secondary N) is 1. The first-order valence-electron chi connectivity index (χ1n) is 7.83. The summed E-state index contributed by atoms with van der Waals surface area (Å²) < 4.78 is 5.35. The second kappa shape index (κ2) is 6.07. The molecule has 0 bridgehead atoms. The number of thiophene rings is 1. The van der Waals surface area contributed by atoms with E-state index in [0.29, 0.717) is 6.61 Å². The van der Waals surface area contributed by atoms with Crippen LogP contribution in [0.2, 0.25) is 0 Å². The fourth-order valence-electron chi connectivity index (χ4n) is 3.73. The van der Waals surface area contributed by atoms with Crippen LogP contribution in [0, 0.1) is 0 Å². The predicted octanol–water partition coefficient (Wildman–Crippen LogP) is 2.92. The normalized spacial score (nSPS) is 25.9. The molecule has 2 aliphatic rings. The van der Waals surface area contributed by atoms with E-state index in [1.54, 1.807) is 18.4 Å². The van der Waals surface area contributed by atoms with Crippen LogP contribution in [0.25, 0.3) is 0 Å². The summed E-state index contributed by atoms with van der Waals surface area (Å²) in [5, 5.41) is 7.89. The Balaban J connectivity index is 1.94. The monoisotopic (exact) mass is 308 g/mol. The first-order chi connectivity index (χ1) is 10.2. The second-order valence-electron chi connectivity index (χ2n) is 6.12. The summed E-state index contributed by atoms with van der Waals surface area (Å²) in [6, 6.07) is 2.26. The summed E-state index contributed by atoms with van der Waals surface area (Å²) in [4.78, 5) is 15.2. The van der Waals surface area contributed by atoms with Crippen molar-refractivity contribution in [3.8, 4) is 0 Å². The smallest absolute Gasteiger partial charge is 0.244 e. The Hall–Kier alpha value is -0.910. The Kier molecular flexibility index (Phi) is 4.33. The van der Waals surface area contributed by atoms with Crippen molar-refractivity contribution >= 4 is 17.2 Å². The number of methoxy groups -OCH3 is 1. The molecule has 3 rings (SSSR count). The van der Waals surface area contributed by atoms with E-state index in [2.05, 4.69) is 34.0 Å². The van der Waals surface area contributed by atoms with Gasteiger partial charge in [0.05, 0.1) is 18.2 Å². The quantitative estimate of drug-likeness (QED) is 0.909. The molecule has 0 aromatic carbocycles. The van der Waals surface area contributed by atoms with Gasteiger partial charge < -0.3 is 9.64 Å². The van der Waals surface area contributed by atoms with Gasteiger partial charge in [-0.05, 0) is 41.7 Å². The molecular formula is C16H24N2O2S. The molecule has 1 aliphatic carbocycles. The number of carbonyl (C=O) groups excluding carboxylic acids is 1. The van der Waals surface area contributed by atoms with Gasteiger partial charge in [-0.25, -0.2) is 0 Å². The number of hydrogen-bond acceptors (Lipinski definition) is 4. The second-order valence-corrected chi connectivity index (χ2v) is 6.90. The number of amides is 1. The summed E-state index contributed by atoms with van der Waals surface area (Å²) in [5.41, 5.74) is 0.875. The van der Waals surface area contributed by atoms with Gasteiger partial charge in [-0.3, -0.25) is 10.1 Å². The Labute approximate surface area is 130 Å². The fourth-order valence-corrected chi connectivity index (χ4v) is 4.41. The van der Waals surface area contributed by atoms with Crippen molar-refractivity contribution in [2.75, 3.05) is 13.7 Å². The van der Waals surface area contributed by atoms with Crippen LogP contribution >= 0.6 is 11.3 Å². The molecule has 2 unspecified atom stereocenters. The van der Waals surface area contributed by atoms with E-state index in [4.69, 9.17) is 4.74 Å². The molecule has 1 aromatic heterocycles. The van der Waals surface area contributed by atoms with Gasteiger partial charge in [0, 0.05) is 7.11 Å². The van der Waals surface area contributed by atoms with Gasteiger partial charge in [0.15, 0.2) is 0 Å². The summed E-state index contributed by atoms with van der Waals surface area (Å²) in [5.74, 6) is 0.278. The lowest BCUT2D eigenvalue weighted by atomic mass is 9.97. The van der Waals surface area contributed by atoms with Crippen LogP contribution in [0.1, 0.15) is 50.8 Å². The first kappa shape index (κ1) is 15.0. The minimum atomic E-state index is -0.326. The topological polar surface area (TPSA) is 41.6 Å². The number of ether oxygens (including phenoxy) is 1. The van der Waals surface area contributed by atoms with Crippen molar-refractivity contribution < 1.29 is 9.53 Å². The zero-order valence-corrected chi connectivity index (χ0v) is 13.6. The zero-order chi connectivity index (χ0) is 14.9. The predicted molar refractivity (Wildman–Crippen MR) is 84.2 cm³/mol. The standard InChI is InChI=1S/C16H24N2O2S/c1-3-13(10-20-2)18-14(12-6-9-21-11-12)17-16(15(18)19)7-4-5-8-16/h6,9,11,13-14,17H,3-5,7-8,10H2,1-2H3. The number of hydrogen-bond donors (Lipinski definition) is 1. The molecule has 1 saturated heterocycles. The van der Waals surface area contributed by atoms with Gasteiger partial charge in [0.25, 0.3) is 0 Å². The molecule has 1 spiro atoms. The van der Waals surface area contributed by atoms with E-state index in [0.717, 1.165) is 32.1 Å². The molecule has 21 heavy (non-hydrogen) atoms. The molecule has 116 valence electrons. The molecule has 1 saturated carbocycles. The molecule has 1 N–H and O–H groups in total. The van der Waals surface area contributed by atoms with Crippen LogP contribution in [0.3, 0.4) is 0 Å². The molecule has 5 heteroatoms. The molecule has 0 radical (unpaired) electrons. The van der Waals surface area contributed by atoms with Crippen LogP contribution in [0.4, 0.5) is 0 Å². The van der Waals surface area contributed by atoms with Crippen LogP contribution in [-0.2, 0) is 9.53 Å². The maximum atomic E-state index is 13.1. The average molecular weight is 308 g/mol. The zero-order valence-electron chi connectivity index (χ0n) is 12.8. The summed E-state index contributed by atoms with van der Waals surface area (Å²) >= 11 is 1.68. The summed E-state index contributed by atoms with van der Waals surface area (Å²) in [6.45, 7) is 2.72. The van der Waals surface area contributed by atoms with Crippen LogP contribution in [0.5, 0.6) is 0 Å². The Morgan fingerprint density at radius 1 is 1.52 bits per heavy atom. The van der Waals surface area contributed by atoms with Crippen LogP contribution in [-0.4, -0.2) is 36.1 Å². The highest BCUT2D eigenvalue weighted by Crippen LogP contribution is 2.42. The van der Waals surface area contributed by atoms with Crippen molar-refractivity contribution in [3.05, 3.63) is 22.4 Å². The van der Waals surface area contributed by atoms with Gasteiger partial charge in [-0.15, -0.1) is 0 Å². The largest absolute Gasteiger partial charge is 0.383 e. The van der Waals surface area contributed by atoms with Crippen molar-refractivity contribution in [1.29, 1.82) is 0 Å². The molecular weight excluding hydrogens is 284 g/mol. The van der Waals surface area contributed by atoms with Crippen molar-refractivity contribution in [2.24, 2.45) is 0 Å².